The average Bonchev–Trinajstić information content (AvgIpc) is 2.89. The minimum atomic E-state index is 0.310. The first kappa shape index (κ1) is 14.5. The molecule has 0 unspecified atom stereocenters. The number of guanidine groups is 1. The summed E-state index contributed by atoms with van der Waals surface area (Å²) in [6.45, 7) is 6.37. The van der Waals surface area contributed by atoms with Gasteiger partial charge in [-0.3, -0.25) is 4.99 Å². The van der Waals surface area contributed by atoms with Gasteiger partial charge in [0.05, 0.1) is 0 Å². The Morgan fingerprint density at radius 2 is 2.05 bits per heavy atom. The van der Waals surface area contributed by atoms with Gasteiger partial charge in [0.1, 0.15) is 0 Å². The van der Waals surface area contributed by atoms with Crippen molar-refractivity contribution in [2.75, 3.05) is 20.4 Å². The van der Waals surface area contributed by atoms with Crippen molar-refractivity contribution in [3.05, 3.63) is 23.8 Å². The number of rotatable bonds is 5. The Hall–Kier alpha value is -1.91. The number of nitrogens with zero attached hydrogens (tertiary/aromatic N) is 1. The van der Waals surface area contributed by atoms with E-state index in [1.165, 1.54) is 0 Å². The standard InChI is InChI=1S/C15H23N3O2/c1-11(2)6-7-17-15(16-3)18-9-12-4-5-13-14(8-12)20-10-19-13/h4-5,8,11H,6-7,9-10H2,1-3H3,(H2,16,17,18). The van der Waals surface area contributed by atoms with Gasteiger partial charge in [-0.05, 0) is 30.0 Å². The number of benzene rings is 1. The summed E-state index contributed by atoms with van der Waals surface area (Å²) >= 11 is 0. The van der Waals surface area contributed by atoms with E-state index in [2.05, 4.69) is 29.5 Å². The summed E-state index contributed by atoms with van der Waals surface area (Å²) in [6.07, 6.45) is 1.13. The van der Waals surface area contributed by atoms with Crippen LogP contribution < -0.4 is 20.1 Å². The van der Waals surface area contributed by atoms with Crippen LogP contribution in [0.2, 0.25) is 0 Å². The molecule has 2 N–H and O–H groups in total. The topological polar surface area (TPSA) is 54.9 Å². The third-order valence-corrected chi connectivity index (χ3v) is 3.13. The zero-order valence-corrected chi connectivity index (χ0v) is 12.4. The van der Waals surface area contributed by atoms with Crippen LogP contribution in [-0.4, -0.2) is 26.3 Å². The van der Waals surface area contributed by atoms with Crippen LogP contribution in [0, 0.1) is 5.92 Å². The van der Waals surface area contributed by atoms with Gasteiger partial charge in [0.15, 0.2) is 17.5 Å². The summed E-state index contributed by atoms with van der Waals surface area (Å²) < 4.78 is 10.7. The van der Waals surface area contributed by atoms with Crippen LogP contribution in [0.3, 0.4) is 0 Å². The van der Waals surface area contributed by atoms with E-state index in [1.54, 1.807) is 7.05 Å². The molecule has 0 spiro atoms. The van der Waals surface area contributed by atoms with Gasteiger partial charge < -0.3 is 20.1 Å². The molecule has 0 saturated heterocycles. The van der Waals surface area contributed by atoms with E-state index in [0.717, 1.165) is 36.0 Å². The molecule has 1 aromatic rings. The van der Waals surface area contributed by atoms with Crippen molar-refractivity contribution in [2.45, 2.75) is 26.8 Å². The molecule has 2 rings (SSSR count). The van der Waals surface area contributed by atoms with E-state index < -0.39 is 0 Å². The Morgan fingerprint density at radius 1 is 1.25 bits per heavy atom. The lowest BCUT2D eigenvalue weighted by Gasteiger charge is -2.13. The molecule has 0 bridgehead atoms. The van der Waals surface area contributed by atoms with Crippen molar-refractivity contribution in [3.63, 3.8) is 0 Å². The number of hydrogen-bond donors (Lipinski definition) is 2. The summed E-state index contributed by atoms with van der Waals surface area (Å²) in [7, 11) is 1.78. The number of nitrogens with one attached hydrogen (secondary N) is 2. The number of hydrogen-bond acceptors (Lipinski definition) is 3. The third kappa shape index (κ3) is 4.05. The smallest absolute Gasteiger partial charge is 0.231 e. The summed E-state index contributed by atoms with van der Waals surface area (Å²) in [6, 6.07) is 5.97. The van der Waals surface area contributed by atoms with Gasteiger partial charge in [-0.2, -0.15) is 0 Å². The molecular formula is C15H23N3O2. The molecule has 1 heterocycles. The van der Waals surface area contributed by atoms with Gasteiger partial charge in [-0.25, -0.2) is 0 Å². The second-order valence-electron chi connectivity index (χ2n) is 5.22. The van der Waals surface area contributed by atoms with Crippen molar-refractivity contribution in [3.8, 4) is 11.5 Å². The predicted octanol–water partition coefficient (Wildman–Crippen LogP) is 2.13. The van der Waals surface area contributed by atoms with Crippen molar-refractivity contribution < 1.29 is 9.47 Å². The highest BCUT2D eigenvalue weighted by Crippen LogP contribution is 2.32. The largest absolute Gasteiger partial charge is 0.454 e. The fourth-order valence-electron chi connectivity index (χ4n) is 1.94. The van der Waals surface area contributed by atoms with E-state index in [0.29, 0.717) is 19.3 Å². The molecule has 0 radical (unpaired) electrons. The fraction of sp³-hybridized carbons (Fsp3) is 0.533. The van der Waals surface area contributed by atoms with E-state index in [-0.39, 0.29) is 0 Å². The summed E-state index contributed by atoms with van der Waals surface area (Å²) in [5, 5.41) is 6.60. The molecule has 110 valence electrons. The summed E-state index contributed by atoms with van der Waals surface area (Å²) in [5.74, 6) is 3.14. The van der Waals surface area contributed by atoms with Gasteiger partial charge in [0, 0.05) is 20.1 Å². The van der Waals surface area contributed by atoms with E-state index >= 15 is 0 Å². The maximum absolute atomic E-state index is 5.37. The van der Waals surface area contributed by atoms with Crippen molar-refractivity contribution >= 4 is 5.96 Å². The van der Waals surface area contributed by atoms with E-state index in [4.69, 9.17) is 9.47 Å². The third-order valence-electron chi connectivity index (χ3n) is 3.13. The van der Waals surface area contributed by atoms with Crippen LogP contribution >= 0.6 is 0 Å². The number of fused-ring (bicyclic) bond motifs is 1. The molecule has 0 amide bonds. The Labute approximate surface area is 120 Å². The summed E-state index contributed by atoms with van der Waals surface area (Å²) in [4.78, 5) is 4.21. The molecular weight excluding hydrogens is 254 g/mol. The fourth-order valence-corrected chi connectivity index (χ4v) is 1.94. The summed E-state index contributed by atoms with van der Waals surface area (Å²) in [5.41, 5.74) is 1.14. The monoisotopic (exact) mass is 277 g/mol. The number of ether oxygens (including phenoxy) is 2. The zero-order chi connectivity index (χ0) is 14.4. The molecule has 0 atom stereocenters. The first-order chi connectivity index (χ1) is 9.69. The highest BCUT2D eigenvalue weighted by Gasteiger charge is 2.13. The van der Waals surface area contributed by atoms with Gasteiger partial charge in [0.2, 0.25) is 6.79 Å². The van der Waals surface area contributed by atoms with Crippen LogP contribution in [0.25, 0.3) is 0 Å². The molecule has 0 aliphatic carbocycles. The number of aliphatic imine (C=N–C) groups is 1. The lowest BCUT2D eigenvalue weighted by Crippen LogP contribution is -2.37. The highest BCUT2D eigenvalue weighted by molar-refractivity contribution is 5.79. The Morgan fingerprint density at radius 3 is 2.80 bits per heavy atom. The Balaban J connectivity index is 1.81. The lowest BCUT2D eigenvalue weighted by atomic mass is 10.1. The Kier molecular flexibility index (Phi) is 5.09. The van der Waals surface area contributed by atoms with Crippen LogP contribution in [0.1, 0.15) is 25.8 Å². The van der Waals surface area contributed by atoms with Gasteiger partial charge in [0.25, 0.3) is 0 Å². The Bertz CT molecular complexity index is 472. The maximum atomic E-state index is 5.37. The molecule has 20 heavy (non-hydrogen) atoms. The lowest BCUT2D eigenvalue weighted by molar-refractivity contribution is 0.174. The molecule has 5 nitrogen and oxygen atoms in total. The average molecular weight is 277 g/mol. The van der Waals surface area contributed by atoms with Crippen LogP contribution in [0.5, 0.6) is 11.5 Å². The van der Waals surface area contributed by atoms with Crippen LogP contribution in [0.15, 0.2) is 23.2 Å². The second-order valence-corrected chi connectivity index (χ2v) is 5.22. The molecule has 5 heteroatoms. The van der Waals surface area contributed by atoms with Crippen LogP contribution in [0.4, 0.5) is 0 Å². The van der Waals surface area contributed by atoms with Crippen molar-refractivity contribution in [1.82, 2.24) is 10.6 Å². The van der Waals surface area contributed by atoms with Gasteiger partial charge in [-0.1, -0.05) is 19.9 Å². The van der Waals surface area contributed by atoms with Crippen molar-refractivity contribution in [1.29, 1.82) is 0 Å². The van der Waals surface area contributed by atoms with Gasteiger partial charge in [-0.15, -0.1) is 0 Å². The zero-order valence-electron chi connectivity index (χ0n) is 12.4. The molecule has 0 aromatic heterocycles. The van der Waals surface area contributed by atoms with E-state index in [9.17, 15) is 0 Å². The minimum absolute atomic E-state index is 0.310. The van der Waals surface area contributed by atoms with Crippen LogP contribution in [-0.2, 0) is 6.54 Å². The van der Waals surface area contributed by atoms with Crippen molar-refractivity contribution in [2.24, 2.45) is 10.9 Å². The SMILES string of the molecule is CN=C(NCCC(C)C)NCc1ccc2c(c1)OCO2. The minimum Gasteiger partial charge on any atom is -0.454 e. The van der Waals surface area contributed by atoms with E-state index in [1.807, 2.05) is 18.2 Å². The highest BCUT2D eigenvalue weighted by atomic mass is 16.7. The molecule has 0 fully saturated rings. The quantitative estimate of drug-likeness (QED) is 0.639. The first-order valence-corrected chi connectivity index (χ1v) is 7.02. The molecule has 0 saturated carbocycles. The predicted molar refractivity (Wildman–Crippen MR) is 80.2 cm³/mol. The van der Waals surface area contributed by atoms with Gasteiger partial charge >= 0.3 is 0 Å². The second kappa shape index (κ2) is 7.03. The normalized spacial score (nSPS) is 13.7. The molecule has 1 aliphatic rings. The first-order valence-electron chi connectivity index (χ1n) is 7.02. The maximum Gasteiger partial charge on any atom is 0.231 e. The molecule has 1 aromatic carbocycles. The molecule has 1 aliphatic heterocycles.